The number of rotatable bonds is 8. The molecule has 6 heteroatoms. The van der Waals surface area contributed by atoms with Gasteiger partial charge in [0.1, 0.15) is 5.82 Å². The molecule has 3 rings (SSSR count). The van der Waals surface area contributed by atoms with E-state index < -0.39 is 0 Å². The third-order valence-corrected chi connectivity index (χ3v) is 4.37. The lowest BCUT2D eigenvalue weighted by molar-refractivity contribution is -0.117. The van der Waals surface area contributed by atoms with E-state index in [9.17, 15) is 9.18 Å². The smallest absolute Gasteiger partial charge is 0.238 e. The lowest BCUT2D eigenvalue weighted by Gasteiger charge is -2.19. The van der Waals surface area contributed by atoms with Gasteiger partial charge in [0.05, 0.1) is 19.3 Å². The maximum absolute atomic E-state index is 13.1. The normalized spacial score (nSPS) is 11.0. The number of nitrogens with zero attached hydrogens (tertiary/aromatic N) is 2. The zero-order valence-corrected chi connectivity index (χ0v) is 16.1. The summed E-state index contributed by atoms with van der Waals surface area (Å²) in [7, 11) is 0. The summed E-state index contributed by atoms with van der Waals surface area (Å²) in [6, 6.07) is 13.8. The van der Waals surface area contributed by atoms with Crippen LogP contribution in [-0.4, -0.2) is 28.9 Å². The molecule has 3 aromatic rings. The molecule has 1 aromatic heterocycles. The van der Waals surface area contributed by atoms with Gasteiger partial charge in [0.15, 0.2) is 5.76 Å². The van der Waals surface area contributed by atoms with E-state index in [0.29, 0.717) is 18.2 Å². The maximum Gasteiger partial charge on any atom is 0.238 e. The number of hydrogen-bond acceptors (Lipinski definition) is 4. The first-order valence-electron chi connectivity index (χ1n) is 9.33. The van der Waals surface area contributed by atoms with Gasteiger partial charge in [-0.2, -0.15) is 0 Å². The van der Waals surface area contributed by atoms with Gasteiger partial charge < -0.3 is 9.73 Å². The van der Waals surface area contributed by atoms with Gasteiger partial charge in [-0.3, -0.25) is 9.69 Å². The van der Waals surface area contributed by atoms with Crippen LogP contribution in [0.3, 0.4) is 0 Å². The molecule has 28 heavy (non-hydrogen) atoms. The largest absolute Gasteiger partial charge is 0.439 e. The fraction of sp³-hybridized carbons (Fsp3) is 0.273. The molecular formula is C22H24FN3O2. The second-order valence-corrected chi connectivity index (χ2v) is 6.70. The van der Waals surface area contributed by atoms with Gasteiger partial charge in [-0.05, 0) is 55.8 Å². The molecule has 0 atom stereocenters. The number of carbonyl (C=O) groups is 1. The first-order chi connectivity index (χ1) is 13.5. The number of amides is 1. The van der Waals surface area contributed by atoms with Crippen molar-refractivity contribution >= 4 is 11.6 Å². The molecule has 2 aromatic carbocycles. The van der Waals surface area contributed by atoms with E-state index in [2.05, 4.69) is 17.2 Å². The number of para-hydroxylation sites is 1. The van der Waals surface area contributed by atoms with Gasteiger partial charge in [-0.1, -0.05) is 25.1 Å². The number of halogens is 1. The van der Waals surface area contributed by atoms with Crippen molar-refractivity contribution in [2.75, 3.05) is 18.4 Å². The first-order valence-corrected chi connectivity index (χ1v) is 9.33. The van der Waals surface area contributed by atoms with Crippen molar-refractivity contribution in [3.05, 3.63) is 72.0 Å². The van der Waals surface area contributed by atoms with Crippen molar-refractivity contribution in [2.45, 2.75) is 26.8 Å². The third kappa shape index (κ3) is 5.27. The Kier molecular flexibility index (Phi) is 6.55. The summed E-state index contributed by atoms with van der Waals surface area (Å²) in [6.07, 6.45) is 2.53. The Balaban J connectivity index is 1.63. The number of aromatic nitrogens is 1. The van der Waals surface area contributed by atoms with E-state index in [1.807, 2.05) is 36.1 Å². The van der Waals surface area contributed by atoms with Crippen LogP contribution >= 0.6 is 0 Å². The van der Waals surface area contributed by atoms with Crippen LogP contribution in [-0.2, 0) is 11.3 Å². The minimum atomic E-state index is -0.294. The van der Waals surface area contributed by atoms with Crippen LogP contribution in [0.1, 0.15) is 24.8 Å². The van der Waals surface area contributed by atoms with Gasteiger partial charge in [-0.25, -0.2) is 9.37 Å². The summed E-state index contributed by atoms with van der Waals surface area (Å²) < 4.78 is 18.9. The molecule has 0 aliphatic carbocycles. The highest BCUT2D eigenvalue weighted by Gasteiger charge is 2.15. The average Bonchev–Trinajstić information content (AvgIpc) is 3.13. The van der Waals surface area contributed by atoms with E-state index >= 15 is 0 Å². The average molecular weight is 381 g/mol. The number of anilines is 1. The Morgan fingerprint density at radius 2 is 1.93 bits per heavy atom. The summed E-state index contributed by atoms with van der Waals surface area (Å²) in [5.74, 6) is 0.734. The lowest BCUT2D eigenvalue weighted by atomic mass is 10.2. The number of nitrogens with one attached hydrogen (secondary N) is 1. The Hall–Kier alpha value is -2.99. The topological polar surface area (TPSA) is 58.4 Å². The van der Waals surface area contributed by atoms with Crippen molar-refractivity contribution in [2.24, 2.45) is 0 Å². The molecule has 1 amide bonds. The monoisotopic (exact) mass is 381 g/mol. The molecule has 146 valence electrons. The maximum atomic E-state index is 13.1. The molecule has 0 bridgehead atoms. The second kappa shape index (κ2) is 9.28. The van der Waals surface area contributed by atoms with Crippen LogP contribution in [0.5, 0.6) is 0 Å². The fourth-order valence-corrected chi connectivity index (χ4v) is 2.96. The van der Waals surface area contributed by atoms with E-state index in [1.54, 1.807) is 18.3 Å². The molecule has 0 aliphatic rings. The van der Waals surface area contributed by atoms with Crippen LogP contribution in [0.15, 0.2) is 59.1 Å². The van der Waals surface area contributed by atoms with Crippen LogP contribution in [0.25, 0.3) is 11.3 Å². The minimum Gasteiger partial charge on any atom is -0.439 e. The molecular weight excluding hydrogens is 357 g/mol. The van der Waals surface area contributed by atoms with Crippen molar-refractivity contribution < 1.29 is 13.6 Å². The highest BCUT2D eigenvalue weighted by Crippen LogP contribution is 2.21. The fourth-order valence-electron chi connectivity index (χ4n) is 2.96. The summed E-state index contributed by atoms with van der Waals surface area (Å²) in [5, 5.41) is 2.95. The predicted octanol–water partition coefficient (Wildman–Crippen LogP) is 4.64. The van der Waals surface area contributed by atoms with E-state index in [1.165, 1.54) is 12.1 Å². The summed E-state index contributed by atoms with van der Waals surface area (Å²) in [6.45, 7) is 5.44. The molecule has 1 heterocycles. The molecule has 0 spiro atoms. The minimum absolute atomic E-state index is 0.0759. The molecule has 0 saturated heterocycles. The first kappa shape index (κ1) is 19.8. The lowest BCUT2D eigenvalue weighted by Crippen LogP contribution is -2.33. The van der Waals surface area contributed by atoms with Gasteiger partial charge in [-0.15, -0.1) is 0 Å². The molecule has 0 fully saturated rings. The van der Waals surface area contributed by atoms with Gasteiger partial charge in [0.2, 0.25) is 11.8 Å². The van der Waals surface area contributed by atoms with Crippen molar-refractivity contribution in [1.82, 2.24) is 9.88 Å². The third-order valence-electron chi connectivity index (χ3n) is 4.37. The molecule has 0 radical (unpaired) electrons. The summed E-state index contributed by atoms with van der Waals surface area (Å²) in [5.41, 5.74) is 2.60. The quantitative estimate of drug-likeness (QED) is 0.618. The zero-order valence-electron chi connectivity index (χ0n) is 16.1. The van der Waals surface area contributed by atoms with Gasteiger partial charge in [0.25, 0.3) is 0 Å². The molecule has 1 N–H and O–H groups in total. The van der Waals surface area contributed by atoms with Crippen LogP contribution < -0.4 is 5.32 Å². The summed E-state index contributed by atoms with van der Waals surface area (Å²) >= 11 is 0. The van der Waals surface area contributed by atoms with Crippen molar-refractivity contribution in [3.8, 4) is 11.3 Å². The van der Waals surface area contributed by atoms with E-state index in [4.69, 9.17) is 4.42 Å². The number of benzene rings is 2. The highest BCUT2D eigenvalue weighted by atomic mass is 19.1. The van der Waals surface area contributed by atoms with Crippen LogP contribution in [0.2, 0.25) is 0 Å². The van der Waals surface area contributed by atoms with Crippen molar-refractivity contribution in [1.29, 1.82) is 0 Å². The van der Waals surface area contributed by atoms with Gasteiger partial charge in [0, 0.05) is 11.3 Å². The van der Waals surface area contributed by atoms with Crippen molar-refractivity contribution in [3.63, 3.8) is 0 Å². The van der Waals surface area contributed by atoms with Crippen LogP contribution in [0.4, 0.5) is 10.1 Å². The molecule has 5 nitrogen and oxygen atoms in total. The molecule has 0 unspecified atom stereocenters. The SMILES string of the molecule is CCCN(CC(=O)Nc1ccccc1C)Cc1ncc(-c2ccc(F)cc2)o1. The van der Waals surface area contributed by atoms with Crippen LogP contribution in [0, 0.1) is 12.7 Å². The summed E-state index contributed by atoms with van der Waals surface area (Å²) in [4.78, 5) is 18.8. The molecule has 0 aliphatic heterocycles. The second-order valence-electron chi connectivity index (χ2n) is 6.70. The Morgan fingerprint density at radius 1 is 1.18 bits per heavy atom. The Morgan fingerprint density at radius 3 is 2.64 bits per heavy atom. The number of carbonyl (C=O) groups excluding carboxylic acids is 1. The Labute approximate surface area is 164 Å². The molecule has 0 saturated carbocycles. The predicted molar refractivity (Wildman–Crippen MR) is 107 cm³/mol. The number of oxazole rings is 1. The Bertz CT molecular complexity index is 922. The van der Waals surface area contributed by atoms with Gasteiger partial charge >= 0.3 is 0 Å². The number of aryl methyl sites for hydroxylation is 1. The van der Waals surface area contributed by atoms with E-state index in [0.717, 1.165) is 29.8 Å². The van der Waals surface area contributed by atoms with E-state index in [-0.39, 0.29) is 18.3 Å². The standard InChI is InChI=1S/C22H24FN3O2/c1-3-12-26(14-21(27)25-19-7-5-4-6-16(19)2)15-22-24-13-20(28-22)17-8-10-18(23)11-9-17/h4-11,13H,3,12,14-15H2,1-2H3,(H,25,27). The number of hydrogen-bond donors (Lipinski definition) is 1. The highest BCUT2D eigenvalue weighted by molar-refractivity contribution is 5.92. The zero-order chi connectivity index (χ0) is 19.9.